The smallest absolute Gasteiger partial charge is 0.222 e. The molecule has 0 fully saturated rings. The molecule has 5 N–H and O–H groups in total. The van der Waals surface area contributed by atoms with Crippen molar-refractivity contribution in [3.8, 4) is 22.8 Å². The van der Waals surface area contributed by atoms with Crippen LogP contribution in [-0.4, -0.2) is 22.2 Å². The first-order chi connectivity index (χ1) is 8.52. The van der Waals surface area contributed by atoms with Crippen LogP contribution in [-0.2, 0) is 0 Å². The summed E-state index contributed by atoms with van der Waals surface area (Å²) in [6, 6.07) is 4.32. The molecule has 0 amide bonds. The van der Waals surface area contributed by atoms with Crippen LogP contribution in [0.4, 0.5) is 16.2 Å². The van der Waals surface area contributed by atoms with E-state index in [1.807, 2.05) is 0 Å². The second-order valence-corrected chi connectivity index (χ2v) is 3.52. The molecule has 7 heteroatoms. The van der Waals surface area contributed by atoms with Crippen molar-refractivity contribution in [3.05, 3.63) is 24.0 Å². The number of aromatic hydroxyl groups is 1. The van der Waals surface area contributed by atoms with Crippen molar-refractivity contribution in [3.63, 3.8) is 0 Å². The van der Waals surface area contributed by atoms with Crippen molar-refractivity contribution < 1.29 is 14.2 Å². The number of rotatable bonds is 2. The number of benzene rings is 1. The number of nitrogens with zero attached hydrogens (tertiary/aromatic N) is 2. The van der Waals surface area contributed by atoms with Crippen LogP contribution in [0.3, 0.4) is 0 Å². The average molecular weight is 250 g/mol. The second kappa shape index (κ2) is 4.36. The summed E-state index contributed by atoms with van der Waals surface area (Å²) in [6.07, 6.45) is 0. The van der Waals surface area contributed by atoms with Gasteiger partial charge in [-0.25, -0.2) is 9.37 Å². The molecule has 0 bridgehead atoms. The van der Waals surface area contributed by atoms with Gasteiger partial charge in [-0.05, 0) is 18.2 Å². The maximum absolute atomic E-state index is 13.8. The van der Waals surface area contributed by atoms with Crippen molar-refractivity contribution in [1.29, 1.82) is 0 Å². The molecule has 1 aromatic heterocycles. The fourth-order valence-corrected chi connectivity index (χ4v) is 1.51. The average Bonchev–Trinajstić information content (AvgIpc) is 2.33. The van der Waals surface area contributed by atoms with Gasteiger partial charge in [-0.15, -0.1) is 0 Å². The van der Waals surface area contributed by atoms with E-state index in [1.54, 1.807) is 0 Å². The van der Waals surface area contributed by atoms with Crippen LogP contribution in [0.1, 0.15) is 0 Å². The van der Waals surface area contributed by atoms with Gasteiger partial charge in [0.25, 0.3) is 0 Å². The highest BCUT2D eigenvalue weighted by atomic mass is 19.1. The summed E-state index contributed by atoms with van der Waals surface area (Å²) >= 11 is 0. The first-order valence-electron chi connectivity index (χ1n) is 4.98. The van der Waals surface area contributed by atoms with E-state index >= 15 is 0 Å². The van der Waals surface area contributed by atoms with Crippen LogP contribution >= 0.6 is 0 Å². The number of phenols is 1. The normalized spacial score (nSPS) is 10.3. The SMILES string of the molecule is COc1ccc(-c2nc(N)nc(N)c2F)cc1O. The van der Waals surface area contributed by atoms with Crippen LogP contribution in [0.25, 0.3) is 11.3 Å². The molecule has 94 valence electrons. The Hall–Kier alpha value is -2.57. The molecular weight excluding hydrogens is 239 g/mol. The van der Waals surface area contributed by atoms with Gasteiger partial charge in [0.2, 0.25) is 5.95 Å². The molecule has 0 unspecified atom stereocenters. The van der Waals surface area contributed by atoms with Gasteiger partial charge in [0, 0.05) is 5.56 Å². The van der Waals surface area contributed by atoms with Gasteiger partial charge in [-0.1, -0.05) is 0 Å². The highest BCUT2D eigenvalue weighted by Gasteiger charge is 2.14. The topological polar surface area (TPSA) is 107 Å². The first kappa shape index (κ1) is 11.9. The Morgan fingerprint density at radius 3 is 2.61 bits per heavy atom. The Morgan fingerprint density at radius 1 is 1.28 bits per heavy atom. The van der Waals surface area contributed by atoms with Crippen molar-refractivity contribution in [1.82, 2.24) is 9.97 Å². The molecule has 0 aliphatic rings. The highest BCUT2D eigenvalue weighted by Crippen LogP contribution is 2.32. The van der Waals surface area contributed by atoms with Gasteiger partial charge in [-0.3, -0.25) is 0 Å². The molecule has 0 saturated carbocycles. The third kappa shape index (κ3) is 1.97. The molecule has 0 saturated heterocycles. The zero-order chi connectivity index (χ0) is 13.3. The van der Waals surface area contributed by atoms with Gasteiger partial charge in [0.1, 0.15) is 5.69 Å². The fourth-order valence-electron chi connectivity index (χ4n) is 1.51. The third-order valence-corrected chi connectivity index (χ3v) is 2.35. The van der Waals surface area contributed by atoms with Gasteiger partial charge >= 0.3 is 0 Å². The predicted octanol–water partition coefficient (Wildman–Crippen LogP) is 1.16. The predicted molar refractivity (Wildman–Crippen MR) is 64.5 cm³/mol. The molecule has 1 aromatic carbocycles. The molecule has 0 radical (unpaired) electrons. The molecular formula is C11H11FN4O2. The van der Waals surface area contributed by atoms with Crippen molar-refractivity contribution >= 4 is 11.8 Å². The number of methoxy groups -OCH3 is 1. The Kier molecular flexibility index (Phi) is 2.88. The lowest BCUT2D eigenvalue weighted by molar-refractivity contribution is 0.373. The van der Waals surface area contributed by atoms with Crippen molar-refractivity contribution in [2.75, 3.05) is 18.6 Å². The van der Waals surface area contributed by atoms with E-state index in [0.29, 0.717) is 5.56 Å². The number of anilines is 2. The third-order valence-electron chi connectivity index (χ3n) is 2.35. The van der Waals surface area contributed by atoms with E-state index in [2.05, 4.69) is 9.97 Å². The lowest BCUT2D eigenvalue weighted by Crippen LogP contribution is -2.05. The van der Waals surface area contributed by atoms with E-state index in [0.717, 1.165) is 0 Å². The van der Waals surface area contributed by atoms with E-state index in [4.69, 9.17) is 16.2 Å². The molecule has 2 aromatic rings. The Labute approximate surface area is 102 Å². The summed E-state index contributed by atoms with van der Waals surface area (Å²) in [5.41, 5.74) is 11.0. The number of phenolic OH excluding ortho intramolecular Hbond substituents is 1. The van der Waals surface area contributed by atoms with E-state index in [9.17, 15) is 9.50 Å². The molecule has 0 spiro atoms. The molecule has 0 aliphatic carbocycles. The zero-order valence-corrected chi connectivity index (χ0v) is 9.51. The number of nitrogen functional groups attached to an aromatic ring is 2. The summed E-state index contributed by atoms with van der Waals surface area (Å²) in [5.74, 6) is -1.12. The molecule has 1 heterocycles. The van der Waals surface area contributed by atoms with Gasteiger partial charge in [0.05, 0.1) is 7.11 Å². The minimum atomic E-state index is -0.784. The molecule has 0 aliphatic heterocycles. The number of aromatic nitrogens is 2. The Balaban J connectivity index is 2.58. The molecule has 2 rings (SSSR count). The summed E-state index contributed by atoms with van der Waals surface area (Å²) in [7, 11) is 1.41. The first-order valence-corrected chi connectivity index (χ1v) is 4.98. The van der Waals surface area contributed by atoms with Gasteiger partial charge < -0.3 is 21.3 Å². The zero-order valence-electron chi connectivity index (χ0n) is 9.51. The summed E-state index contributed by atoms with van der Waals surface area (Å²) in [4.78, 5) is 7.26. The van der Waals surface area contributed by atoms with Gasteiger partial charge in [0.15, 0.2) is 23.1 Å². The molecule has 6 nitrogen and oxygen atoms in total. The van der Waals surface area contributed by atoms with E-state index in [1.165, 1.54) is 25.3 Å². The lowest BCUT2D eigenvalue weighted by Gasteiger charge is -2.08. The maximum atomic E-state index is 13.8. The summed E-state index contributed by atoms with van der Waals surface area (Å²) in [6.45, 7) is 0. The van der Waals surface area contributed by atoms with Crippen molar-refractivity contribution in [2.24, 2.45) is 0 Å². The number of hydrogen-bond donors (Lipinski definition) is 3. The van der Waals surface area contributed by atoms with Gasteiger partial charge in [-0.2, -0.15) is 4.98 Å². The number of nitrogens with two attached hydrogens (primary N) is 2. The van der Waals surface area contributed by atoms with Crippen molar-refractivity contribution in [2.45, 2.75) is 0 Å². The van der Waals surface area contributed by atoms with Crippen LogP contribution in [0.2, 0.25) is 0 Å². The van der Waals surface area contributed by atoms with E-state index < -0.39 is 5.82 Å². The monoisotopic (exact) mass is 250 g/mol. The number of ether oxygens (including phenoxy) is 1. The van der Waals surface area contributed by atoms with Crippen LogP contribution < -0.4 is 16.2 Å². The van der Waals surface area contributed by atoms with E-state index in [-0.39, 0.29) is 29.0 Å². The fraction of sp³-hybridized carbons (Fsp3) is 0.0909. The van der Waals surface area contributed by atoms with Crippen LogP contribution in [0, 0.1) is 5.82 Å². The summed E-state index contributed by atoms with van der Waals surface area (Å²) in [5, 5.41) is 9.63. The van der Waals surface area contributed by atoms with Crippen LogP contribution in [0.15, 0.2) is 18.2 Å². The summed E-state index contributed by atoms with van der Waals surface area (Å²) < 4.78 is 18.7. The minimum Gasteiger partial charge on any atom is -0.504 e. The quantitative estimate of drug-likeness (QED) is 0.738. The van der Waals surface area contributed by atoms with Crippen LogP contribution in [0.5, 0.6) is 11.5 Å². The number of halogens is 1. The standard InChI is InChI=1S/C11H11FN4O2/c1-18-7-3-2-5(4-6(7)17)9-8(12)10(13)16-11(14)15-9/h2-4,17H,1H3,(H4,13,14,15,16). The Bertz CT molecular complexity index is 604. The maximum Gasteiger partial charge on any atom is 0.222 e. The molecule has 0 atom stereocenters. The minimum absolute atomic E-state index is 0.0713. The second-order valence-electron chi connectivity index (χ2n) is 3.52. The Morgan fingerprint density at radius 2 is 2.00 bits per heavy atom. The molecule has 18 heavy (non-hydrogen) atoms. The largest absolute Gasteiger partial charge is 0.504 e. The lowest BCUT2D eigenvalue weighted by atomic mass is 10.1. The highest BCUT2D eigenvalue weighted by molar-refractivity contribution is 5.67. The number of hydrogen-bond acceptors (Lipinski definition) is 6.